The average molecular weight is 526 g/mol. The fraction of sp³-hybridized carbons (Fsp3) is 0.885. The van der Waals surface area contributed by atoms with Crippen LogP contribution in [0.25, 0.3) is 0 Å². The molecule has 0 saturated carbocycles. The van der Waals surface area contributed by atoms with Crippen molar-refractivity contribution in [2.45, 2.75) is 117 Å². The normalized spacial score (nSPS) is 25.1. The van der Waals surface area contributed by atoms with Gasteiger partial charge in [-0.05, 0) is 93.8 Å². The van der Waals surface area contributed by atoms with Crippen molar-refractivity contribution in [3.05, 3.63) is 0 Å². The summed E-state index contributed by atoms with van der Waals surface area (Å²) in [5, 5.41) is 2.81. The Bertz CT molecular complexity index is 817. The average Bonchev–Trinajstić information content (AvgIpc) is 3.16. The molecule has 0 bridgehead atoms. The number of esters is 1. The van der Waals surface area contributed by atoms with Crippen molar-refractivity contribution in [1.29, 1.82) is 0 Å². The van der Waals surface area contributed by atoms with E-state index < -0.39 is 46.6 Å². The van der Waals surface area contributed by atoms with Gasteiger partial charge in [-0.3, -0.25) is 4.90 Å². The Balaban J connectivity index is 2.19. The van der Waals surface area contributed by atoms with Crippen LogP contribution in [0.15, 0.2) is 0 Å². The Kier molecular flexibility index (Phi) is 9.61. The maximum absolute atomic E-state index is 13.1. The van der Waals surface area contributed by atoms with Crippen LogP contribution in [0.1, 0.15) is 82.1 Å². The first kappa shape index (κ1) is 31.2. The lowest BCUT2D eigenvalue weighted by Gasteiger charge is -2.32. The molecule has 1 N–H and O–H groups in total. The molecule has 0 aromatic rings. The Morgan fingerprint density at radius 1 is 0.973 bits per heavy atom. The van der Waals surface area contributed by atoms with Gasteiger partial charge in [0.1, 0.15) is 17.2 Å². The largest absolute Gasteiger partial charge is 0.467 e. The molecule has 11 heteroatoms. The highest BCUT2D eigenvalue weighted by molar-refractivity contribution is 6.45. The second-order valence-electron chi connectivity index (χ2n) is 13.0. The molecular formula is C26H47BN2O8. The van der Waals surface area contributed by atoms with E-state index >= 15 is 0 Å². The van der Waals surface area contributed by atoms with Crippen LogP contribution in [0.2, 0.25) is 6.32 Å². The topological polar surface area (TPSA) is 113 Å². The van der Waals surface area contributed by atoms with Crippen LogP contribution in [0.4, 0.5) is 9.59 Å². The van der Waals surface area contributed by atoms with Crippen LogP contribution >= 0.6 is 0 Å². The Morgan fingerprint density at radius 2 is 1.51 bits per heavy atom. The highest BCUT2D eigenvalue weighted by atomic mass is 16.7. The summed E-state index contributed by atoms with van der Waals surface area (Å²) in [4.78, 5) is 39.8. The maximum Gasteiger partial charge on any atom is 0.457 e. The first-order chi connectivity index (χ1) is 16.8. The van der Waals surface area contributed by atoms with E-state index in [9.17, 15) is 14.4 Å². The maximum atomic E-state index is 13.1. The smallest absolute Gasteiger partial charge is 0.457 e. The van der Waals surface area contributed by atoms with Crippen molar-refractivity contribution in [3.8, 4) is 0 Å². The van der Waals surface area contributed by atoms with Crippen molar-refractivity contribution in [2.24, 2.45) is 11.8 Å². The summed E-state index contributed by atoms with van der Waals surface area (Å²) in [6, 6.07) is -0.830. The Labute approximate surface area is 222 Å². The van der Waals surface area contributed by atoms with Crippen LogP contribution in [0.5, 0.6) is 0 Å². The minimum absolute atomic E-state index is 0.206. The summed E-state index contributed by atoms with van der Waals surface area (Å²) < 4.78 is 28.3. The highest BCUT2D eigenvalue weighted by Gasteiger charge is 2.52. The van der Waals surface area contributed by atoms with Crippen LogP contribution in [-0.4, -0.2) is 78.8 Å². The van der Waals surface area contributed by atoms with E-state index in [1.807, 2.05) is 27.7 Å². The molecule has 2 saturated heterocycles. The summed E-state index contributed by atoms with van der Waals surface area (Å²) in [6.07, 6.45) is 0.798. The molecule has 0 aromatic carbocycles. The fourth-order valence-electron chi connectivity index (χ4n) is 4.66. The molecule has 2 aliphatic rings. The summed E-state index contributed by atoms with van der Waals surface area (Å²) in [6.45, 7) is 19.2. The first-order valence-corrected chi connectivity index (χ1v) is 13.2. The molecule has 2 amide bonds. The predicted octanol–water partition coefficient (Wildman–Crippen LogP) is 4.41. The Morgan fingerprint density at radius 3 is 2.00 bits per heavy atom. The number of carbonyl (C=O) groups is 3. The van der Waals surface area contributed by atoms with E-state index in [-0.39, 0.29) is 32.0 Å². The van der Waals surface area contributed by atoms with E-state index in [0.29, 0.717) is 19.2 Å². The second-order valence-corrected chi connectivity index (χ2v) is 13.0. The molecule has 2 unspecified atom stereocenters. The molecule has 37 heavy (non-hydrogen) atoms. The third-order valence-corrected chi connectivity index (χ3v) is 7.04. The zero-order valence-electron chi connectivity index (χ0n) is 24.6. The van der Waals surface area contributed by atoms with Gasteiger partial charge in [0, 0.05) is 13.1 Å². The number of hydrogen-bond acceptors (Lipinski definition) is 8. The number of nitrogens with zero attached hydrogens (tertiary/aromatic N) is 1. The van der Waals surface area contributed by atoms with Crippen LogP contribution in [0, 0.1) is 11.8 Å². The highest BCUT2D eigenvalue weighted by Crippen LogP contribution is 2.40. The molecule has 0 spiro atoms. The number of amides is 2. The fourth-order valence-corrected chi connectivity index (χ4v) is 4.66. The van der Waals surface area contributed by atoms with Gasteiger partial charge in [-0.2, -0.15) is 0 Å². The zero-order chi connectivity index (χ0) is 28.4. The zero-order valence-corrected chi connectivity index (χ0v) is 24.6. The molecule has 2 aliphatic heterocycles. The molecule has 2 fully saturated rings. The summed E-state index contributed by atoms with van der Waals surface area (Å²) in [7, 11) is 0.951. The number of likely N-dealkylation sites (tertiary alicyclic amines) is 1. The molecule has 0 radical (unpaired) electrons. The number of nitrogens with one attached hydrogen (secondary N) is 1. The van der Waals surface area contributed by atoms with Crippen molar-refractivity contribution in [1.82, 2.24) is 10.2 Å². The van der Waals surface area contributed by atoms with Gasteiger partial charge in [-0.1, -0.05) is 6.42 Å². The lowest BCUT2D eigenvalue weighted by molar-refractivity contribution is -0.147. The van der Waals surface area contributed by atoms with Gasteiger partial charge in [-0.15, -0.1) is 0 Å². The van der Waals surface area contributed by atoms with Gasteiger partial charge in [0.2, 0.25) is 0 Å². The van der Waals surface area contributed by atoms with Gasteiger partial charge in [0.25, 0.3) is 0 Å². The summed E-state index contributed by atoms with van der Waals surface area (Å²) in [5.41, 5.74) is -2.21. The number of alkyl carbamates (subject to hydrolysis) is 1. The Hall–Kier alpha value is -2.01. The minimum atomic E-state index is -0.830. The van der Waals surface area contributed by atoms with Crippen LogP contribution in [0.3, 0.4) is 0 Å². The van der Waals surface area contributed by atoms with E-state index in [2.05, 4.69) is 5.32 Å². The SMILES string of the molecule is COC(=O)[C@@H]1C(CCCB2OC(C)(C)C(C)(C)O2)C(CNC(=O)OC(C)(C)C)CN1C(=O)OC(C)(C)C. The van der Waals surface area contributed by atoms with Crippen molar-refractivity contribution in [2.75, 3.05) is 20.2 Å². The quantitative estimate of drug-likeness (QED) is 0.295. The van der Waals surface area contributed by atoms with Crippen LogP contribution < -0.4 is 5.32 Å². The van der Waals surface area contributed by atoms with Gasteiger partial charge < -0.3 is 28.8 Å². The van der Waals surface area contributed by atoms with Crippen molar-refractivity contribution in [3.63, 3.8) is 0 Å². The molecule has 3 atom stereocenters. The summed E-state index contributed by atoms with van der Waals surface area (Å²) >= 11 is 0. The number of ether oxygens (including phenoxy) is 3. The van der Waals surface area contributed by atoms with E-state index in [1.54, 1.807) is 41.5 Å². The molecule has 0 aromatic heterocycles. The third-order valence-electron chi connectivity index (χ3n) is 7.04. The number of methoxy groups -OCH3 is 1. The standard InChI is InChI=1S/C26H47BN2O8/c1-23(2,3)34-21(31)28-15-17-16-29(22(32)35-24(4,5)6)19(20(30)33-11)18(17)13-12-14-27-36-25(7,8)26(9,10)37-27/h17-19H,12-16H2,1-11H3,(H,28,31)/t17?,18?,19-/m0/s1. The number of rotatable bonds is 7. The number of hydrogen-bond donors (Lipinski definition) is 1. The van der Waals surface area contributed by atoms with E-state index in [0.717, 1.165) is 0 Å². The van der Waals surface area contributed by atoms with Gasteiger partial charge >= 0.3 is 25.3 Å². The third kappa shape index (κ3) is 8.50. The lowest BCUT2D eigenvalue weighted by atomic mass is 9.78. The molecule has 212 valence electrons. The van der Waals surface area contributed by atoms with Crippen molar-refractivity contribution < 1.29 is 37.9 Å². The molecule has 0 aliphatic carbocycles. The molecule has 2 rings (SSSR count). The van der Waals surface area contributed by atoms with Gasteiger partial charge in [-0.25, -0.2) is 14.4 Å². The van der Waals surface area contributed by atoms with Gasteiger partial charge in [0.05, 0.1) is 18.3 Å². The molecule has 2 heterocycles. The second kappa shape index (κ2) is 11.4. The molecular weight excluding hydrogens is 479 g/mol. The van der Waals surface area contributed by atoms with Crippen molar-refractivity contribution >= 4 is 25.3 Å². The summed E-state index contributed by atoms with van der Waals surface area (Å²) in [5.74, 6) is -0.981. The van der Waals surface area contributed by atoms with E-state index in [4.69, 9.17) is 23.5 Å². The predicted molar refractivity (Wildman–Crippen MR) is 140 cm³/mol. The first-order valence-electron chi connectivity index (χ1n) is 13.2. The number of carbonyl (C=O) groups excluding carboxylic acids is 3. The van der Waals surface area contributed by atoms with Gasteiger partial charge in [0.15, 0.2) is 0 Å². The molecule has 10 nitrogen and oxygen atoms in total. The van der Waals surface area contributed by atoms with Crippen LogP contribution in [-0.2, 0) is 28.3 Å². The lowest BCUT2D eigenvalue weighted by Crippen LogP contribution is -2.46. The van der Waals surface area contributed by atoms with E-state index in [1.165, 1.54) is 12.0 Å². The minimum Gasteiger partial charge on any atom is -0.467 e. The monoisotopic (exact) mass is 526 g/mol.